The zero-order valence-corrected chi connectivity index (χ0v) is 7.44. The van der Waals surface area contributed by atoms with Crippen LogP contribution in [-0.4, -0.2) is 28.6 Å². The van der Waals surface area contributed by atoms with Gasteiger partial charge in [-0.1, -0.05) is 0 Å². The van der Waals surface area contributed by atoms with Crippen molar-refractivity contribution in [2.24, 2.45) is 0 Å². The second kappa shape index (κ2) is 3.33. The zero-order valence-electron chi connectivity index (χ0n) is 5.86. The molecular weight excluding hydrogens is 220 g/mol. The predicted molar refractivity (Wildman–Crippen MR) is 40.9 cm³/mol. The van der Waals surface area contributed by atoms with E-state index < -0.39 is 10.9 Å². The van der Waals surface area contributed by atoms with Crippen molar-refractivity contribution in [3.8, 4) is 0 Å². The Morgan fingerprint density at radius 3 is 2.55 bits per heavy atom. The molecular formula is C6H10BrF2NO. The van der Waals surface area contributed by atoms with Crippen molar-refractivity contribution in [2.75, 3.05) is 6.54 Å². The smallest absolute Gasteiger partial charge is 0.327 e. The molecule has 1 atom stereocenters. The SMILES string of the molecule is OC(CNC1CC1)C(F)(F)Br. The second-order valence-corrected chi connectivity index (χ2v) is 3.80. The minimum atomic E-state index is -3.17. The molecule has 66 valence electrons. The van der Waals surface area contributed by atoms with Gasteiger partial charge in [0.25, 0.3) is 0 Å². The molecule has 1 unspecified atom stereocenters. The van der Waals surface area contributed by atoms with Gasteiger partial charge in [0, 0.05) is 12.6 Å². The Morgan fingerprint density at radius 2 is 2.18 bits per heavy atom. The molecule has 0 aromatic rings. The van der Waals surface area contributed by atoms with Gasteiger partial charge in [0.05, 0.1) is 0 Å². The fraction of sp³-hybridized carbons (Fsp3) is 1.00. The van der Waals surface area contributed by atoms with Gasteiger partial charge >= 0.3 is 4.83 Å². The van der Waals surface area contributed by atoms with Crippen LogP contribution >= 0.6 is 15.9 Å². The Kier molecular flexibility index (Phi) is 2.83. The van der Waals surface area contributed by atoms with Gasteiger partial charge < -0.3 is 10.4 Å². The highest BCUT2D eigenvalue weighted by Gasteiger charge is 2.35. The fourth-order valence-corrected chi connectivity index (χ4v) is 0.843. The Balaban J connectivity index is 2.13. The van der Waals surface area contributed by atoms with Crippen LogP contribution in [0.5, 0.6) is 0 Å². The third kappa shape index (κ3) is 3.44. The molecule has 0 aromatic heterocycles. The lowest BCUT2D eigenvalue weighted by molar-refractivity contribution is -0.0264. The largest absolute Gasteiger partial charge is 0.385 e. The number of aliphatic hydroxyl groups excluding tert-OH is 1. The van der Waals surface area contributed by atoms with Crippen LogP contribution in [0.15, 0.2) is 0 Å². The summed E-state index contributed by atoms with van der Waals surface area (Å²) in [6, 6.07) is 0.347. The minimum absolute atomic E-state index is 0.0527. The summed E-state index contributed by atoms with van der Waals surface area (Å²) in [5.74, 6) is 0. The van der Waals surface area contributed by atoms with Gasteiger partial charge in [-0.2, -0.15) is 8.78 Å². The van der Waals surface area contributed by atoms with Gasteiger partial charge in [-0.25, -0.2) is 0 Å². The van der Waals surface area contributed by atoms with Crippen molar-refractivity contribution in [2.45, 2.75) is 29.8 Å². The van der Waals surface area contributed by atoms with Gasteiger partial charge in [-0.3, -0.25) is 0 Å². The van der Waals surface area contributed by atoms with Gasteiger partial charge in [-0.15, -0.1) is 0 Å². The summed E-state index contributed by atoms with van der Waals surface area (Å²) in [6.45, 7) is -0.0527. The van der Waals surface area contributed by atoms with E-state index in [1.165, 1.54) is 0 Å². The topological polar surface area (TPSA) is 32.3 Å². The average Bonchev–Trinajstić information content (AvgIpc) is 2.62. The number of alkyl halides is 3. The normalized spacial score (nSPS) is 21.8. The lowest BCUT2D eigenvalue weighted by atomic mass is 10.3. The molecule has 0 bridgehead atoms. The van der Waals surface area contributed by atoms with Crippen molar-refractivity contribution in [1.82, 2.24) is 5.32 Å². The molecule has 0 heterocycles. The molecule has 0 saturated heterocycles. The highest BCUT2D eigenvalue weighted by atomic mass is 79.9. The lowest BCUT2D eigenvalue weighted by Gasteiger charge is -2.16. The van der Waals surface area contributed by atoms with Crippen LogP contribution in [0.1, 0.15) is 12.8 Å². The van der Waals surface area contributed by atoms with E-state index in [9.17, 15) is 8.78 Å². The first-order chi connectivity index (χ1) is 5.00. The van der Waals surface area contributed by atoms with Gasteiger partial charge in [-0.05, 0) is 28.8 Å². The minimum Gasteiger partial charge on any atom is -0.385 e. The van der Waals surface area contributed by atoms with Crippen LogP contribution in [0, 0.1) is 0 Å². The van der Waals surface area contributed by atoms with E-state index in [-0.39, 0.29) is 6.54 Å². The summed E-state index contributed by atoms with van der Waals surface area (Å²) in [4.78, 5) is -3.17. The van der Waals surface area contributed by atoms with Crippen molar-refractivity contribution in [1.29, 1.82) is 0 Å². The summed E-state index contributed by atoms with van der Waals surface area (Å²) in [5.41, 5.74) is 0. The van der Waals surface area contributed by atoms with Crippen molar-refractivity contribution < 1.29 is 13.9 Å². The van der Waals surface area contributed by atoms with Crippen LogP contribution in [-0.2, 0) is 0 Å². The fourth-order valence-electron chi connectivity index (χ4n) is 0.681. The molecule has 5 heteroatoms. The molecule has 1 aliphatic rings. The number of hydrogen-bond acceptors (Lipinski definition) is 2. The summed E-state index contributed by atoms with van der Waals surface area (Å²) >= 11 is 2.09. The molecule has 2 N–H and O–H groups in total. The van der Waals surface area contributed by atoms with Crippen LogP contribution in [0.3, 0.4) is 0 Å². The van der Waals surface area contributed by atoms with Crippen molar-refractivity contribution in [3.63, 3.8) is 0 Å². The molecule has 1 aliphatic carbocycles. The van der Waals surface area contributed by atoms with Gasteiger partial charge in [0.2, 0.25) is 0 Å². The Morgan fingerprint density at radius 1 is 1.64 bits per heavy atom. The number of nitrogens with one attached hydrogen (secondary N) is 1. The van der Waals surface area contributed by atoms with E-state index in [0.717, 1.165) is 12.8 Å². The molecule has 0 radical (unpaired) electrons. The molecule has 1 fully saturated rings. The van der Waals surface area contributed by atoms with E-state index in [4.69, 9.17) is 5.11 Å². The maximum absolute atomic E-state index is 12.2. The average molecular weight is 230 g/mol. The molecule has 1 saturated carbocycles. The van der Waals surface area contributed by atoms with Crippen LogP contribution < -0.4 is 5.32 Å². The molecule has 0 aliphatic heterocycles. The van der Waals surface area contributed by atoms with Gasteiger partial charge in [0.15, 0.2) is 0 Å². The van der Waals surface area contributed by atoms with Crippen LogP contribution in [0.4, 0.5) is 8.78 Å². The van der Waals surface area contributed by atoms with Crippen LogP contribution in [0.25, 0.3) is 0 Å². The highest BCUT2D eigenvalue weighted by molar-refractivity contribution is 9.10. The number of hydrogen-bond donors (Lipinski definition) is 2. The summed E-state index contributed by atoms with van der Waals surface area (Å²) in [6.07, 6.45) is 0.421. The van der Waals surface area contributed by atoms with Crippen molar-refractivity contribution in [3.05, 3.63) is 0 Å². The van der Waals surface area contributed by atoms with Crippen molar-refractivity contribution >= 4 is 15.9 Å². The maximum atomic E-state index is 12.2. The molecule has 1 rings (SSSR count). The summed E-state index contributed by atoms with van der Waals surface area (Å²) in [7, 11) is 0. The van der Waals surface area contributed by atoms with E-state index in [0.29, 0.717) is 6.04 Å². The third-order valence-electron chi connectivity index (χ3n) is 1.56. The predicted octanol–water partition coefficient (Wildman–Crippen LogP) is 1.09. The van der Waals surface area contributed by atoms with Gasteiger partial charge in [0.1, 0.15) is 6.10 Å². The van der Waals surface area contributed by atoms with E-state index in [2.05, 4.69) is 21.2 Å². The standard InChI is InChI=1S/C6H10BrF2NO/c7-6(8,9)5(11)3-10-4-1-2-4/h4-5,10-11H,1-3H2. The third-order valence-corrected chi connectivity index (χ3v) is 2.08. The molecule has 0 amide bonds. The Hall–Kier alpha value is 0.260. The second-order valence-electron chi connectivity index (χ2n) is 2.74. The monoisotopic (exact) mass is 229 g/mol. The quantitative estimate of drug-likeness (QED) is 0.708. The first kappa shape index (κ1) is 9.35. The van der Waals surface area contributed by atoms with E-state index in [1.807, 2.05) is 0 Å². The maximum Gasteiger partial charge on any atom is 0.327 e. The first-order valence-corrected chi connectivity index (χ1v) is 4.27. The first-order valence-electron chi connectivity index (χ1n) is 3.48. The zero-order chi connectivity index (χ0) is 8.48. The Bertz CT molecular complexity index is 135. The number of halogens is 3. The number of rotatable bonds is 4. The van der Waals surface area contributed by atoms with Crippen LogP contribution in [0.2, 0.25) is 0 Å². The number of aliphatic hydroxyl groups is 1. The molecule has 0 aromatic carbocycles. The lowest BCUT2D eigenvalue weighted by Crippen LogP contribution is -2.38. The molecule has 0 spiro atoms. The molecule has 2 nitrogen and oxygen atoms in total. The highest BCUT2D eigenvalue weighted by Crippen LogP contribution is 2.26. The van der Waals surface area contributed by atoms with E-state index >= 15 is 0 Å². The Labute approximate surface area is 72.1 Å². The summed E-state index contributed by atoms with van der Waals surface area (Å²) in [5, 5.41) is 11.6. The van der Waals surface area contributed by atoms with E-state index in [1.54, 1.807) is 0 Å². The molecule has 11 heavy (non-hydrogen) atoms. The summed E-state index contributed by atoms with van der Waals surface area (Å²) < 4.78 is 24.4.